The van der Waals surface area contributed by atoms with Crippen molar-refractivity contribution in [3.05, 3.63) is 74.9 Å². The highest BCUT2D eigenvalue weighted by atomic mass is 13.8. The largest absolute Gasteiger partial charge is 0.103 e. The standard InChI is InChI=1S/2C8H12/c2*1-3-5-7-8-6-4-2/h2*3-5,7H,1-2,6,8H2. The zero-order valence-electron chi connectivity index (χ0n) is 10.3. The Kier molecular flexibility index (Phi) is 20.1. The summed E-state index contributed by atoms with van der Waals surface area (Å²) in [7, 11) is 0. The smallest absolute Gasteiger partial charge is 0.0313 e. The van der Waals surface area contributed by atoms with Gasteiger partial charge in [-0.25, -0.2) is 0 Å². The van der Waals surface area contributed by atoms with Crippen LogP contribution in [0.15, 0.2) is 74.9 Å². The maximum atomic E-state index is 3.60. The first-order valence-electron chi connectivity index (χ1n) is 5.60. The van der Waals surface area contributed by atoms with Crippen molar-refractivity contribution < 1.29 is 0 Å². The molecule has 0 aliphatic carbocycles. The molecular weight excluding hydrogens is 192 g/mol. The van der Waals surface area contributed by atoms with Crippen molar-refractivity contribution in [1.29, 1.82) is 0 Å². The van der Waals surface area contributed by atoms with Gasteiger partial charge in [0.05, 0.1) is 0 Å². The van der Waals surface area contributed by atoms with Crippen LogP contribution in [0.25, 0.3) is 0 Å². The summed E-state index contributed by atoms with van der Waals surface area (Å²) in [5.41, 5.74) is 0. The van der Waals surface area contributed by atoms with Gasteiger partial charge in [-0.15, -0.1) is 13.2 Å². The molecular formula is C16H24. The van der Waals surface area contributed by atoms with Gasteiger partial charge in [0.2, 0.25) is 0 Å². The van der Waals surface area contributed by atoms with Crippen LogP contribution < -0.4 is 0 Å². The number of unbranched alkanes of at least 4 members (excludes halogenated alkanes) is 2. The third-order valence-corrected chi connectivity index (χ3v) is 1.62. The van der Waals surface area contributed by atoms with Crippen LogP contribution in [0.1, 0.15) is 25.7 Å². The van der Waals surface area contributed by atoms with Crippen molar-refractivity contribution in [3.8, 4) is 0 Å². The zero-order chi connectivity index (χ0) is 12.5. The monoisotopic (exact) mass is 216 g/mol. The fourth-order valence-corrected chi connectivity index (χ4v) is 0.813. The second-order valence-corrected chi connectivity index (χ2v) is 3.06. The molecule has 0 radical (unpaired) electrons. The normalized spacial score (nSPS) is 9.50. The Hall–Kier alpha value is -1.56. The van der Waals surface area contributed by atoms with Crippen molar-refractivity contribution in [2.45, 2.75) is 25.7 Å². The summed E-state index contributed by atoms with van der Waals surface area (Å²) < 4.78 is 0. The first kappa shape index (κ1) is 16.9. The van der Waals surface area contributed by atoms with E-state index in [-0.39, 0.29) is 0 Å². The van der Waals surface area contributed by atoms with E-state index in [9.17, 15) is 0 Å². The first-order valence-corrected chi connectivity index (χ1v) is 5.60. The van der Waals surface area contributed by atoms with E-state index in [1.807, 2.05) is 24.3 Å². The fraction of sp³-hybridized carbons (Fsp3) is 0.250. The maximum absolute atomic E-state index is 3.60. The number of hydrogen-bond acceptors (Lipinski definition) is 0. The lowest BCUT2D eigenvalue weighted by Crippen LogP contribution is -1.59. The van der Waals surface area contributed by atoms with E-state index in [4.69, 9.17) is 0 Å². The molecule has 0 amide bonds. The van der Waals surface area contributed by atoms with Gasteiger partial charge in [0.15, 0.2) is 0 Å². The lowest BCUT2D eigenvalue weighted by atomic mass is 10.3. The summed E-state index contributed by atoms with van der Waals surface area (Å²) in [5, 5.41) is 0. The molecule has 0 saturated heterocycles. The van der Waals surface area contributed by atoms with Crippen LogP contribution in [0.5, 0.6) is 0 Å². The molecule has 0 rings (SSSR count). The molecule has 0 aromatic rings. The van der Waals surface area contributed by atoms with E-state index in [0.29, 0.717) is 0 Å². The molecule has 88 valence electrons. The molecule has 0 aromatic heterocycles. The Morgan fingerprint density at radius 1 is 0.562 bits per heavy atom. The van der Waals surface area contributed by atoms with Crippen LogP contribution in [0.3, 0.4) is 0 Å². The molecule has 0 bridgehead atoms. The first-order chi connectivity index (χ1) is 7.83. The second kappa shape index (κ2) is 19.1. The fourth-order valence-electron chi connectivity index (χ4n) is 0.813. The summed E-state index contributed by atoms with van der Waals surface area (Å²) in [5.74, 6) is 0. The van der Waals surface area contributed by atoms with E-state index in [0.717, 1.165) is 25.7 Å². The summed E-state index contributed by atoms with van der Waals surface area (Å²) >= 11 is 0. The van der Waals surface area contributed by atoms with Gasteiger partial charge in [-0.1, -0.05) is 61.8 Å². The molecule has 0 saturated carbocycles. The van der Waals surface area contributed by atoms with Crippen molar-refractivity contribution in [1.82, 2.24) is 0 Å². The summed E-state index contributed by atoms with van der Waals surface area (Å²) in [4.78, 5) is 0. The third-order valence-electron chi connectivity index (χ3n) is 1.62. The highest BCUT2D eigenvalue weighted by Crippen LogP contribution is 1.90. The van der Waals surface area contributed by atoms with Gasteiger partial charge in [-0.05, 0) is 25.7 Å². The van der Waals surface area contributed by atoms with Crippen LogP contribution in [0, 0.1) is 0 Å². The van der Waals surface area contributed by atoms with Crippen molar-refractivity contribution >= 4 is 0 Å². The quantitative estimate of drug-likeness (QED) is 0.290. The van der Waals surface area contributed by atoms with Gasteiger partial charge in [0.1, 0.15) is 0 Å². The molecule has 0 aliphatic rings. The maximum Gasteiger partial charge on any atom is -0.0313 e. The van der Waals surface area contributed by atoms with E-state index < -0.39 is 0 Å². The predicted octanol–water partition coefficient (Wildman–Crippen LogP) is 5.39. The number of rotatable bonds is 8. The molecule has 16 heavy (non-hydrogen) atoms. The Bertz CT molecular complexity index is 202. The molecule has 0 fully saturated rings. The van der Waals surface area contributed by atoms with Crippen LogP contribution in [0.4, 0.5) is 0 Å². The highest BCUT2D eigenvalue weighted by molar-refractivity contribution is 4.98. The van der Waals surface area contributed by atoms with Gasteiger partial charge in [-0.2, -0.15) is 0 Å². The molecule has 0 nitrogen and oxygen atoms in total. The highest BCUT2D eigenvalue weighted by Gasteiger charge is 1.70. The zero-order valence-corrected chi connectivity index (χ0v) is 10.3. The van der Waals surface area contributed by atoms with Crippen LogP contribution >= 0.6 is 0 Å². The Labute approximate surface area is 101 Å². The van der Waals surface area contributed by atoms with Gasteiger partial charge < -0.3 is 0 Å². The minimum absolute atomic E-state index is 1.06. The van der Waals surface area contributed by atoms with Gasteiger partial charge >= 0.3 is 0 Å². The van der Waals surface area contributed by atoms with E-state index in [2.05, 4.69) is 38.5 Å². The average Bonchev–Trinajstić information content (AvgIpc) is 2.31. The van der Waals surface area contributed by atoms with Crippen LogP contribution in [0.2, 0.25) is 0 Å². The molecule has 0 unspecified atom stereocenters. The summed E-state index contributed by atoms with van der Waals surface area (Å²) in [6.45, 7) is 14.3. The topological polar surface area (TPSA) is 0 Å². The number of allylic oxidation sites excluding steroid dienone is 8. The molecule has 0 aromatic carbocycles. The SMILES string of the molecule is C=CC=CCCC=C.C=CC=CCCC=C. The molecule has 0 aliphatic heterocycles. The molecule has 0 atom stereocenters. The Balaban J connectivity index is 0. The van der Waals surface area contributed by atoms with Crippen molar-refractivity contribution in [2.24, 2.45) is 0 Å². The Morgan fingerprint density at radius 3 is 1.19 bits per heavy atom. The van der Waals surface area contributed by atoms with Gasteiger partial charge in [-0.3, -0.25) is 0 Å². The lowest BCUT2D eigenvalue weighted by molar-refractivity contribution is 1.06. The minimum Gasteiger partial charge on any atom is -0.103 e. The molecule has 0 N–H and O–H groups in total. The van der Waals surface area contributed by atoms with Crippen molar-refractivity contribution in [3.63, 3.8) is 0 Å². The summed E-state index contributed by atoms with van der Waals surface area (Å²) in [6.07, 6.45) is 19.7. The van der Waals surface area contributed by atoms with Gasteiger partial charge in [0, 0.05) is 0 Å². The van der Waals surface area contributed by atoms with E-state index in [1.54, 1.807) is 12.2 Å². The van der Waals surface area contributed by atoms with Gasteiger partial charge in [0.25, 0.3) is 0 Å². The summed E-state index contributed by atoms with van der Waals surface area (Å²) in [6, 6.07) is 0. The Morgan fingerprint density at radius 2 is 0.938 bits per heavy atom. The molecule has 0 spiro atoms. The predicted molar refractivity (Wildman–Crippen MR) is 77.5 cm³/mol. The van der Waals surface area contributed by atoms with Crippen molar-refractivity contribution in [2.75, 3.05) is 0 Å². The lowest BCUT2D eigenvalue weighted by Gasteiger charge is -1.79. The second-order valence-electron chi connectivity index (χ2n) is 3.06. The van der Waals surface area contributed by atoms with E-state index >= 15 is 0 Å². The molecule has 0 heteroatoms. The van der Waals surface area contributed by atoms with E-state index in [1.165, 1.54) is 0 Å². The minimum atomic E-state index is 1.06. The van der Waals surface area contributed by atoms with Crippen LogP contribution in [-0.2, 0) is 0 Å². The third kappa shape index (κ3) is 22.9. The molecule has 0 heterocycles. The average molecular weight is 216 g/mol. The van der Waals surface area contributed by atoms with Crippen LogP contribution in [-0.4, -0.2) is 0 Å². The number of hydrogen-bond donors (Lipinski definition) is 0.